The van der Waals surface area contributed by atoms with E-state index in [1.165, 1.54) is 18.4 Å². The maximum atomic E-state index is 12.8. The summed E-state index contributed by atoms with van der Waals surface area (Å²) in [7, 11) is -4.08. The number of hydrogen-bond donors (Lipinski definition) is 2. The molecule has 1 aromatic heterocycles. The van der Waals surface area contributed by atoms with Gasteiger partial charge in [0.05, 0.1) is 16.7 Å². The summed E-state index contributed by atoms with van der Waals surface area (Å²) in [6, 6.07) is 5.58. The average molecular weight is 475 g/mol. The van der Waals surface area contributed by atoms with Crippen molar-refractivity contribution in [1.29, 1.82) is 0 Å². The topological polar surface area (TPSA) is 118 Å². The SMILES string of the molecule is Cc1occc1C(=O)NNC(=O)C1CCN(S(=O)(=O)c2cccc(OC(F)(F)F)c2)CC1. The lowest BCUT2D eigenvalue weighted by Gasteiger charge is -2.30. The van der Waals surface area contributed by atoms with Crippen LogP contribution in [-0.4, -0.2) is 44.0 Å². The molecule has 0 saturated carbocycles. The van der Waals surface area contributed by atoms with Gasteiger partial charge in [-0.3, -0.25) is 20.4 Å². The van der Waals surface area contributed by atoms with Crippen molar-refractivity contribution >= 4 is 21.8 Å². The average Bonchev–Trinajstić information content (AvgIpc) is 3.17. The normalized spacial score (nSPS) is 15.9. The molecule has 13 heteroatoms. The minimum Gasteiger partial charge on any atom is -0.469 e. The van der Waals surface area contributed by atoms with Gasteiger partial charge in [0, 0.05) is 25.1 Å². The number of sulfonamides is 1. The van der Waals surface area contributed by atoms with Crippen LogP contribution in [0.4, 0.5) is 13.2 Å². The van der Waals surface area contributed by atoms with Crippen molar-refractivity contribution in [3.63, 3.8) is 0 Å². The first-order chi connectivity index (χ1) is 15.0. The molecule has 2 N–H and O–H groups in total. The Labute approximate surface area is 181 Å². The fraction of sp³-hybridized carbons (Fsp3) is 0.368. The second-order valence-corrected chi connectivity index (χ2v) is 8.97. The van der Waals surface area contributed by atoms with Crippen LogP contribution < -0.4 is 15.6 Å². The number of nitrogens with one attached hydrogen (secondary N) is 2. The Bertz CT molecular complexity index is 1090. The second-order valence-electron chi connectivity index (χ2n) is 7.03. The van der Waals surface area contributed by atoms with E-state index in [1.807, 2.05) is 0 Å². The number of nitrogens with zero attached hydrogens (tertiary/aromatic N) is 1. The van der Waals surface area contributed by atoms with E-state index in [9.17, 15) is 31.2 Å². The molecule has 3 rings (SSSR count). The fourth-order valence-electron chi connectivity index (χ4n) is 3.25. The van der Waals surface area contributed by atoms with Crippen LogP contribution in [0.25, 0.3) is 0 Å². The fourth-order valence-corrected chi connectivity index (χ4v) is 4.75. The monoisotopic (exact) mass is 475 g/mol. The number of carbonyl (C=O) groups excluding carboxylic acids is 2. The minimum absolute atomic E-state index is 0.0143. The summed E-state index contributed by atoms with van der Waals surface area (Å²) in [6.07, 6.45) is -3.26. The van der Waals surface area contributed by atoms with Gasteiger partial charge in [0.15, 0.2) is 0 Å². The number of benzene rings is 1. The highest BCUT2D eigenvalue weighted by molar-refractivity contribution is 7.89. The first-order valence-electron chi connectivity index (χ1n) is 9.47. The van der Waals surface area contributed by atoms with Gasteiger partial charge in [-0.2, -0.15) is 4.31 Å². The molecule has 0 spiro atoms. The quantitative estimate of drug-likeness (QED) is 0.641. The number of rotatable bonds is 5. The molecule has 2 aromatic rings. The summed E-state index contributed by atoms with van der Waals surface area (Å²) < 4.78 is 72.7. The standard InChI is InChI=1S/C19H20F3N3O6S/c1-12-16(7-10-30-12)18(27)24-23-17(26)13-5-8-25(9-6-13)32(28,29)15-4-2-3-14(11-15)31-19(20,21)22/h2-4,7,10-11,13H,5-6,8-9H2,1H3,(H,23,26)(H,24,27). The maximum Gasteiger partial charge on any atom is 0.573 e. The number of hydrogen-bond acceptors (Lipinski definition) is 6. The first kappa shape index (κ1) is 23.6. The molecule has 0 bridgehead atoms. The minimum atomic E-state index is -4.94. The number of alkyl halides is 3. The van der Waals surface area contributed by atoms with Gasteiger partial charge in [-0.15, -0.1) is 13.2 Å². The zero-order chi connectivity index (χ0) is 23.5. The van der Waals surface area contributed by atoms with Crippen LogP contribution in [0.5, 0.6) is 5.75 Å². The van der Waals surface area contributed by atoms with Gasteiger partial charge in [-0.1, -0.05) is 6.07 Å². The molecular formula is C19H20F3N3O6S. The van der Waals surface area contributed by atoms with Crippen LogP contribution in [-0.2, 0) is 14.8 Å². The largest absolute Gasteiger partial charge is 0.573 e. The number of hydrazine groups is 1. The van der Waals surface area contributed by atoms with E-state index in [0.717, 1.165) is 22.5 Å². The highest BCUT2D eigenvalue weighted by Crippen LogP contribution is 2.28. The van der Waals surface area contributed by atoms with E-state index in [4.69, 9.17) is 4.42 Å². The summed E-state index contributed by atoms with van der Waals surface area (Å²) in [5.74, 6) is -1.83. The second kappa shape index (κ2) is 9.20. The molecule has 0 unspecified atom stereocenters. The van der Waals surface area contributed by atoms with Crippen molar-refractivity contribution < 1.29 is 40.3 Å². The summed E-state index contributed by atoms with van der Waals surface area (Å²) >= 11 is 0. The highest BCUT2D eigenvalue weighted by Gasteiger charge is 2.34. The number of carbonyl (C=O) groups is 2. The molecule has 1 aliphatic rings. The molecule has 32 heavy (non-hydrogen) atoms. The smallest absolute Gasteiger partial charge is 0.469 e. The van der Waals surface area contributed by atoms with Crippen molar-refractivity contribution in [3.05, 3.63) is 47.9 Å². The van der Waals surface area contributed by atoms with Crippen molar-refractivity contribution in [3.8, 4) is 5.75 Å². The molecule has 1 saturated heterocycles. The Morgan fingerprint density at radius 3 is 2.44 bits per heavy atom. The number of amides is 2. The zero-order valence-electron chi connectivity index (χ0n) is 16.8. The number of piperidine rings is 1. The van der Waals surface area contributed by atoms with Crippen LogP contribution in [0.3, 0.4) is 0 Å². The Hall–Kier alpha value is -3.06. The number of aryl methyl sites for hydroxylation is 1. The van der Waals surface area contributed by atoms with Crippen LogP contribution in [0.15, 0.2) is 45.9 Å². The van der Waals surface area contributed by atoms with Gasteiger partial charge >= 0.3 is 6.36 Å². The predicted molar refractivity (Wildman–Crippen MR) is 104 cm³/mol. The summed E-state index contributed by atoms with van der Waals surface area (Å²) in [4.78, 5) is 24.0. The van der Waals surface area contributed by atoms with E-state index >= 15 is 0 Å². The molecule has 1 fully saturated rings. The van der Waals surface area contributed by atoms with Crippen molar-refractivity contribution in [2.75, 3.05) is 13.1 Å². The first-order valence-corrected chi connectivity index (χ1v) is 10.9. The van der Waals surface area contributed by atoms with Gasteiger partial charge in [-0.25, -0.2) is 8.42 Å². The molecule has 0 radical (unpaired) electrons. The van der Waals surface area contributed by atoms with E-state index in [0.29, 0.717) is 5.76 Å². The van der Waals surface area contributed by atoms with Crippen molar-refractivity contribution in [2.45, 2.75) is 31.0 Å². The zero-order valence-corrected chi connectivity index (χ0v) is 17.6. The van der Waals surface area contributed by atoms with Gasteiger partial charge in [0.2, 0.25) is 15.9 Å². The summed E-state index contributed by atoms with van der Waals surface area (Å²) in [5, 5.41) is 0. The third-order valence-electron chi connectivity index (χ3n) is 4.90. The Morgan fingerprint density at radius 1 is 1.16 bits per heavy atom. The van der Waals surface area contributed by atoms with Gasteiger partial charge in [0.25, 0.3) is 5.91 Å². The highest BCUT2D eigenvalue weighted by atomic mass is 32.2. The van der Waals surface area contributed by atoms with Crippen molar-refractivity contribution in [1.82, 2.24) is 15.2 Å². The van der Waals surface area contributed by atoms with Crippen LogP contribution in [0.2, 0.25) is 0 Å². The predicted octanol–water partition coefficient (Wildman–Crippen LogP) is 2.35. The number of ether oxygens (including phenoxy) is 1. The molecule has 1 aliphatic heterocycles. The van der Waals surface area contributed by atoms with Gasteiger partial charge in [0.1, 0.15) is 11.5 Å². The molecule has 2 heterocycles. The van der Waals surface area contributed by atoms with E-state index < -0.39 is 39.9 Å². The Morgan fingerprint density at radius 2 is 1.84 bits per heavy atom. The number of furan rings is 1. The summed E-state index contributed by atoms with van der Waals surface area (Å²) in [6.45, 7) is 1.57. The molecule has 0 atom stereocenters. The van der Waals surface area contributed by atoms with Gasteiger partial charge in [-0.05, 0) is 38.0 Å². The van der Waals surface area contributed by atoms with Crippen molar-refractivity contribution in [2.24, 2.45) is 5.92 Å². The molecule has 9 nitrogen and oxygen atoms in total. The Kier molecular flexibility index (Phi) is 6.79. The van der Waals surface area contributed by atoms with Crippen LogP contribution in [0, 0.1) is 12.8 Å². The van der Waals surface area contributed by atoms with E-state index in [2.05, 4.69) is 15.6 Å². The molecule has 2 amide bonds. The molecule has 1 aromatic carbocycles. The lowest BCUT2D eigenvalue weighted by atomic mass is 9.98. The van der Waals surface area contributed by atoms with E-state index in [-0.39, 0.29) is 36.4 Å². The maximum absolute atomic E-state index is 12.8. The van der Waals surface area contributed by atoms with Crippen LogP contribution >= 0.6 is 0 Å². The third-order valence-corrected chi connectivity index (χ3v) is 6.80. The summed E-state index contributed by atoms with van der Waals surface area (Å²) in [5.41, 5.74) is 4.86. The molecule has 0 aliphatic carbocycles. The van der Waals surface area contributed by atoms with Gasteiger partial charge < -0.3 is 9.15 Å². The molecular weight excluding hydrogens is 455 g/mol. The third kappa shape index (κ3) is 5.59. The Balaban J connectivity index is 1.56. The lowest BCUT2D eigenvalue weighted by molar-refractivity contribution is -0.274. The molecule has 174 valence electrons. The number of halogens is 3. The lowest BCUT2D eigenvalue weighted by Crippen LogP contribution is -2.48. The van der Waals surface area contributed by atoms with Crippen LogP contribution in [0.1, 0.15) is 29.0 Å². The van der Waals surface area contributed by atoms with E-state index in [1.54, 1.807) is 6.92 Å².